The maximum Gasteiger partial charge on any atom is 0.431 e. The van der Waals surface area contributed by atoms with Crippen molar-refractivity contribution in [1.82, 2.24) is 4.83 Å². The summed E-state index contributed by atoms with van der Waals surface area (Å²) in [6.07, 6.45) is -1.68. The maximum absolute atomic E-state index is 13.2. The molecule has 0 saturated heterocycles. The quantitative estimate of drug-likeness (QED) is 0.643. The largest absolute Gasteiger partial charge is 0.497 e. The molecule has 134 valence electrons. The van der Waals surface area contributed by atoms with Crippen molar-refractivity contribution in [2.24, 2.45) is 11.0 Å². The number of alkyl halides is 3. The zero-order chi connectivity index (χ0) is 17.8. The summed E-state index contributed by atoms with van der Waals surface area (Å²) in [7, 11) is -2.75. The second-order valence-electron chi connectivity index (χ2n) is 5.60. The van der Waals surface area contributed by atoms with Gasteiger partial charge in [0.2, 0.25) is 0 Å². The first-order valence-corrected chi connectivity index (χ1v) is 9.03. The van der Waals surface area contributed by atoms with E-state index in [-0.39, 0.29) is 4.90 Å². The molecule has 0 atom stereocenters. The SMILES string of the molecule is COc1ccc(S(=O)(=O)N/N=C(\C2CCCCC2)C(F)(F)F)cc1. The maximum atomic E-state index is 13.2. The number of nitrogens with one attached hydrogen (secondary N) is 1. The first kappa shape index (κ1) is 18.6. The van der Waals surface area contributed by atoms with E-state index in [0.29, 0.717) is 31.4 Å². The Morgan fingerprint density at radius 1 is 1.17 bits per heavy atom. The van der Waals surface area contributed by atoms with E-state index in [1.807, 2.05) is 0 Å². The van der Waals surface area contributed by atoms with E-state index in [0.717, 1.165) is 6.42 Å². The van der Waals surface area contributed by atoms with Crippen LogP contribution >= 0.6 is 0 Å². The van der Waals surface area contributed by atoms with Gasteiger partial charge in [0.25, 0.3) is 10.0 Å². The Bertz CT molecular complexity index is 679. The summed E-state index contributed by atoms with van der Waals surface area (Å²) in [5.41, 5.74) is -1.06. The Morgan fingerprint density at radius 3 is 2.25 bits per heavy atom. The number of hydrazone groups is 1. The fourth-order valence-corrected chi connectivity index (χ4v) is 3.50. The van der Waals surface area contributed by atoms with Gasteiger partial charge in [-0.25, -0.2) is 0 Å². The number of halogens is 3. The zero-order valence-electron chi connectivity index (χ0n) is 13.1. The lowest BCUT2D eigenvalue weighted by Crippen LogP contribution is -2.35. The van der Waals surface area contributed by atoms with Crippen LogP contribution in [0.4, 0.5) is 13.2 Å². The normalized spacial score (nSPS) is 17.6. The molecule has 0 aliphatic heterocycles. The Labute approximate surface area is 138 Å². The second kappa shape index (κ2) is 7.42. The number of sulfonamides is 1. The summed E-state index contributed by atoms with van der Waals surface area (Å²) in [4.78, 5) is 1.53. The van der Waals surface area contributed by atoms with Crippen molar-refractivity contribution in [3.8, 4) is 5.75 Å². The van der Waals surface area contributed by atoms with E-state index in [9.17, 15) is 21.6 Å². The van der Waals surface area contributed by atoms with Crippen LogP contribution in [-0.2, 0) is 10.0 Å². The highest BCUT2D eigenvalue weighted by molar-refractivity contribution is 7.89. The van der Waals surface area contributed by atoms with Gasteiger partial charge in [-0.1, -0.05) is 19.3 Å². The van der Waals surface area contributed by atoms with E-state index >= 15 is 0 Å². The van der Waals surface area contributed by atoms with Gasteiger partial charge in [0.05, 0.1) is 12.0 Å². The minimum atomic E-state index is -4.66. The van der Waals surface area contributed by atoms with Crippen LogP contribution in [0, 0.1) is 5.92 Å². The standard InChI is InChI=1S/C15H19F3N2O3S/c1-23-12-7-9-13(10-8-12)24(21,22)20-19-14(15(16,17)18)11-5-3-2-4-6-11/h7-11,20H,2-6H2,1H3/b19-14+. The molecule has 1 aliphatic rings. The summed E-state index contributed by atoms with van der Waals surface area (Å²) in [6.45, 7) is 0. The first-order chi connectivity index (χ1) is 11.2. The highest BCUT2D eigenvalue weighted by Gasteiger charge is 2.41. The van der Waals surface area contributed by atoms with Crippen molar-refractivity contribution in [3.05, 3.63) is 24.3 Å². The van der Waals surface area contributed by atoms with Crippen molar-refractivity contribution < 1.29 is 26.3 Å². The predicted octanol–water partition coefficient (Wildman–Crippen LogP) is 3.47. The van der Waals surface area contributed by atoms with Crippen LogP contribution in [0.1, 0.15) is 32.1 Å². The van der Waals surface area contributed by atoms with Crippen molar-refractivity contribution >= 4 is 15.7 Å². The highest BCUT2D eigenvalue weighted by atomic mass is 32.2. The monoisotopic (exact) mass is 364 g/mol. The third-order valence-electron chi connectivity index (χ3n) is 3.94. The lowest BCUT2D eigenvalue weighted by Gasteiger charge is -2.24. The average molecular weight is 364 g/mol. The molecule has 0 unspecified atom stereocenters. The molecule has 1 N–H and O–H groups in total. The summed E-state index contributed by atoms with van der Waals surface area (Å²) >= 11 is 0. The second-order valence-corrected chi connectivity index (χ2v) is 7.26. The summed E-state index contributed by atoms with van der Waals surface area (Å²) in [5, 5.41) is 3.23. The van der Waals surface area contributed by atoms with Gasteiger partial charge >= 0.3 is 6.18 Å². The molecule has 24 heavy (non-hydrogen) atoms. The van der Waals surface area contributed by atoms with Gasteiger partial charge in [0.1, 0.15) is 11.5 Å². The van der Waals surface area contributed by atoms with Gasteiger partial charge in [0.15, 0.2) is 0 Å². The van der Waals surface area contributed by atoms with Crippen LogP contribution in [0.25, 0.3) is 0 Å². The summed E-state index contributed by atoms with van der Waals surface area (Å²) < 4.78 is 68.7. The minimum absolute atomic E-state index is 0.183. The molecule has 0 bridgehead atoms. The number of benzene rings is 1. The van der Waals surface area contributed by atoms with Crippen LogP contribution in [-0.4, -0.2) is 27.4 Å². The minimum Gasteiger partial charge on any atom is -0.497 e. The molecule has 1 aromatic carbocycles. The molecule has 5 nitrogen and oxygen atoms in total. The number of nitrogens with zero attached hydrogens (tertiary/aromatic N) is 1. The average Bonchev–Trinajstić information content (AvgIpc) is 2.54. The number of ether oxygens (including phenoxy) is 1. The third-order valence-corrected chi connectivity index (χ3v) is 5.16. The molecule has 0 spiro atoms. The van der Waals surface area contributed by atoms with Crippen molar-refractivity contribution in [2.75, 3.05) is 7.11 Å². The number of hydrogen-bond donors (Lipinski definition) is 1. The number of hydrogen-bond acceptors (Lipinski definition) is 4. The van der Waals surface area contributed by atoms with Crippen LogP contribution in [0.3, 0.4) is 0 Å². The predicted molar refractivity (Wildman–Crippen MR) is 83.4 cm³/mol. The topological polar surface area (TPSA) is 67.8 Å². The lowest BCUT2D eigenvalue weighted by molar-refractivity contribution is -0.0640. The van der Waals surface area contributed by atoms with Crippen molar-refractivity contribution in [2.45, 2.75) is 43.2 Å². The van der Waals surface area contributed by atoms with E-state index < -0.39 is 27.8 Å². The van der Waals surface area contributed by atoms with Crippen LogP contribution in [0.5, 0.6) is 5.75 Å². The zero-order valence-corrected chi connectivity index (χ0v) is 14.0. The van der Waals surface area contributed by atoms with Crippen molar-refractivity contribution in [1.29, 1.82) is 0 Å². The van der Waals surface area contributed by atoms with Gasteiger partial charge in [0, 0.05) is 5.92 Å². The van der Waals surface area contributed by atoms with Gasteiger partial charge < -0.3 is 4.74 Å². The molecule has 0 amide bonds. The molecule has 9 heteroatoms. The lowest BCUT2D eigenvalue weighted by atomic mass is 9.85. The smallest absolute Gasteiger partial charge is 0.431 e. The van der Waals surface area contributed by atoms with E-state index in [1.54, 1.807) is 4.83 Å². The van der Waals surface area contributed by atoms with Crippen molar-refractivity contribution in [3.63, 3.8) is 0 Å². The first-order valence-electron chi connectivity index (χ1n) is 7.54. The molecular weight excluding hydrogens is 345 g/mol. The summed E-state index contributed by atoms with van der Waals surface area (Å²) in [6, 6.07) is 5.29. The molecular formula is C15H19F3N2O3S. The van der Waals surface area contributed by atoms with Gasteiger partial charge in [-0.3, -0.25) is 0 Å². The highest BCUT2D eigenvalue weighted by Crippen LogP contribution is 2.32. The fraction of sp³-hybridized carbons (Fsp3) is 0.533. The Morgan fingerprint density at radius 2 is 1.75 bits per heavy atom. The van der Waals surface area contributed by atoms with Crippen LogP contribution in [0.15, 0.2) is 34.3 Å². The molecule has 1 aromatic rings. The van der Waals surface area contributed by atoms with E-state index in [2.05, 4.69) is 5.10 Å². The van der Waals surface area contributed by atoms with Crippen LogP contribution in [0.2, 0.25) is 0 Å². The number of rotatable bonds is 5. The molecule has 1 aliphatic carbocycles. The third kappa shape index (κ3) is 4.62. The molecule has 1 fully saturated rings. The van der Waals surface area contributed by atoms with Gasteiger partial charge in [-0.15, -0.1) is 0 Å². The van der Waals surface area contributed by atoms with E-state index in [4.69, 9.17) is 4.74 Å². The molecule has 2 rings (SSSR count). The molecule has 0 heterocycles. The molecule has 1 saturated carbocycles. The van der Waals surface area contributed by atoms with E-state index in [1.165, 1.54) is 31.4 Å². The molecule has 0 radical (unpaired) electrons. The molecule has 0 aromatic heterocycles. The van der Waals surface area contributed by atoms with Gasteiger partial charge in [-0.05, 0) is 37.1 Å². The van der Waals surface area contributed by atoms with Crippen LogP contribution < -0.4 is 9.57 Å². The number of methoxy groups -OCH3 is 1. The van der Waals surface area contributed by atoms with Gasteiger partial charge in [-0.2, -0.15) is 31.5 Å². The Kier molecular flexibility index (Phi) is 5.74. The fourth-order valence-electron chi connectivity index (χ4n) is 2.68. The summed E-state index contributed by atoms with van der Waals surface area (Å²) in [5.74, 6) is -0.326. The Balaban J connectivity index is 2.22. The Hall–Kier alpha value is -1.77.